The average molecular weight is 250 g/mol. The van der Waals surface area contributed by atoms with Crippen molar-refractivity contribution in [3.8, 4) is 0 Å². The van der Waals surface area contributed by atoms with E-state index >= 15 is 0 Å². The first kappa shape index (κ1) is 12.2. The maximum Gasteiger partial charge on any atom is 0.163 e. The fraction of sp³-hybridized carbons (Fsp3) is 0.278. The number of Topliss-reactive ketones (excluding diaryl/α,β-unsaturated/α-hetero) is 1. The summed E-state index contributed by atoms with van der Waals surface area (Å²) in [6.45, 7) is 2.25. The summed E-state index contributed by atoms with van der Waals surface area (Å²) >= 11 is 0. The maximum absolute atomic E-state index is 12.4. The fourth-order valence-corrected chi connectivity index (χ4v) is 3.13. The predicted molar refractivity (Wildman–Crippen MR) is 77.4 cm³/mol. The smallest absolute Gasteiger partial charge is 0.163 e. The highest BCUT2D eigenvalue weighted by molar-refractivity contribution is 5.96. The Hall–Kier alpha value is -1.89. The monoisotopic (exact) mass is 250 g/mol. The van der Waals surface area contributed by atoms with Crippen LogP contribution in [0.25, 0.3) is 0 Å². The molecule has 0 saturated heterocycles. The lowest BCUT2D eigenvalue weighted by Gasteiger charge is -2.15. The van der Waals surface area contributed by atoms with Crippen LogP contribution in [0.1, 0.15) is 40.7 Å². The van der Waals surface area contributed by atoms with Crippen molar-refractivity contribution < 1.29 is 4.79 Å². The molecule has 0 unspecified atom stereocenters. The number of fused-ring (bicyclic) bond motifs is 1. The minimum Gasteiger partial charge on any atom is -0.294 e. The Kier molecular flexibility index (Phi) is 3.20. The van der Waals surface area contributed by atoms with Gasteiger partial charge in [-0.3, -0.25) is 4.79 Å². The summed E-state index contributed by atoms with van der Waals surface area (Å²) in [6.07, 6.45) is 1.73. The zero-order valence-electron chi connectivity index (χ0n) is 11.2. The summed E-state index contributed by atoms with van der Waals surface area (Å²) in [5.74, 6) is 1.20. The highest BCUT2D eigenvalue weighted by atomic mass is 16.1. The van der Waals surface area contributed by atoms with Crippen LogP contribution in [-0.4, -0.2) is 5.78 Å². The van der Waals surface area contributed by atoms with Crippen molar-refractivity contribution in [3.05, 3.63) is 71.3 Å². The van der Waals surface area contributed by atoms with Gasteiger partial charge in [0.2, 0.25) is 0 Å². The van der Waals surface area contributed by atoms with Crippen molar-refractivity contribution in [2.45, 2.75) is 25.7 Å². The quantitative estimate of drug-likeness (QED) is 0.745. The summed E-state index contributed by atoms with van der Waals surface area (Å²) in [5, 5.41) is 0. The van der Waals surface area contributed by atoms with Gasteiger partial charge in [-0.2, -0.15) is 0 Å². The van der Waals surface area contributed by atoms with Crippen LogP contribution in [-0.2, 0) is 6.42 Å². The number of carbonyl (C=O) groups excluding carboxylic acids is 1. The molecule has 0 saturated carbocycles. The van der Waals surface area contributed by atoms with E-state index in [0.29, 0.717) is 18.3 Å². The van der Waals surface area contributed by atoms with Gasteiger partial charge in [0.25, 0.3) is 0 Å². The molecule has 0 radical (unpaired) electrons. The molecule has 1 aliphatic rings. The first-order chi connectivity index (χ1) is 9.25. The molecule has 96 valence electrons. The number of hydrogen-bond donors (Lipinski definition) is 0. The number of carbonyl (C=O) groups is 1. The molecule has 3 rings (SSSR count). The second-order valence-electron chi connectivity index (χ2n) is 5.48. The molecule has 0 fully saturated rings. The van der Waals surface area contributed by atoms with Crippen LogP contribution >= 0.6 is 0 Å². The molecule has 0 spiro atoms. The van der Waals surface area contributed by atoms with Crippen molar-refractivity contribution in [1.82, 2.24) is 0 Å². The Balaban J connectivity index is 1.82. The fourth-order valence-electron chi connectivity index (χ4n) is 3.13. The highest BCUT2D eigenvalue weighted by Crippen LogP contribution is 2.40. The molecule has 1 heteroatoms. The van der Waals surface area contributed by atoms with Crippen LogP contribution in [0.5, 0.6) is 0 Å². The standard InChI is InChI=1S/C18H18O/c1-13-11-15-9-5-6-10-16(15)17(13)12-18(19)14-7-3-2-4-8-14/h2-10,13,17H,11-12H2,1H3/t13-,17-/m1/s1. The molecule has 2 atom stereocenters. The zero-order valence-corrected chi connectivity index (χ0v) is 11.2. The first-order valence-corrected chi connectivity index (χ1v) is 6.92. The number of hydrogen-bond acceptors (Lipinski definition) is 1. The third kappa shape index (κ3) is 2.33. The largest absolute Gasteiger partial charge is 0.294 e. The second kappa shape index (κ2) is 5.00. The van der Waals surface area contributed by atoms with Crippen LogP contribution in [0.4, 0.5) is 0 Å². The Morgan fingerprint density at radius 3 is 2.53 bits per heavy atom. The Labute approximate surface area is 114 Å². The lowest BCUT2D eigenvalue weighted by Crippen LogP contribution is -2.10. The molecular formula is C18H18O. The van der Waals surface area contributed by atoms with Crippen LogP contribution in [0.3, 0.4) is 0 Å². The molecule has 0 heterocycles. The lowest BCUT2D eigenvalue weighted by molar-refractivity contribution is 0.0967. The van der Waals surface area contributed by atoms with Gasteiger partial charge < -0.3 is 0 Å². The molecule has 2 aromatic carbocycles. The molecule has 0 N–H and O–H groups in total. The van der Waals surface area contributed by atoms with E-state index in [-0.39, 0.29) is 5.78 Å². The van der Waals surface area contributed by atoms with E-state index in [9.17, 15) is 4.79 Å². The van der Waals surface area contributed by atoms with Crippen molar-refractivity contribution in [2.24, 2.45) is 5.92 Å². The van der Waals surface area contributed by atoms with Gasteiger partial charge in [-0.05, 0) is 29.4 Å². The minimum absolute atomic E-state index is 0.258. The summed E-state index contributed by atoms with van der Waals surface area (Å²) in [4.78, 5) is 12.4. The van der Waals surface area contributed by atoms with Crippen LogP contribution in [0.15, 0.2) is 54.6 Å². The topological polar surface area (TPSA) is 17.1 Å². The third-order valence-electron chi connectivity index (χ3n) is 4.18. The second-order valence-corrected chi connectivity index (χ2v) is 5.48. The van der Waals surface area contributed by atoms with Crippen molar-refractivity contribution in [2.75, 3.05) is 0 Å². The van der Waals surface area contributed by atoms with Crippen molar-refractivity contribution in [1.29, 1.82) is 0 Å². The molecule has 19 heavy (non-hydrogen) atoms. The predicted octanol–water partition coefficient (Wildman–Crippen LogP) is 4.24. The molecule has 0 bridgehead atoms. The zero-order chi connectivity index (χ0) is 13.2. The normalized spacial score (nSPS) is 21.1. The van der Waals surface area contributed by atoms with Gasteiger partial charge >= 0.3 is 0 Å². The molecule has 2 aromatic rings. The van der Waals surface area contributed by atoms with Gasteiger partial charge in [0, 0.05) is 12.0 Å². The van der Waals surface area contributed by atoms with E-state index < -0.39 is 0 Å². The van der Waals surface area contributed by atoms with Gasteiger partial charge in [-0.25, -0.2) is 0 Å². The Bertz CT molecular complexity index is 586. The summed E-state index contributed by atoms with van der Waals surface area (Å²) < 4.78 is 0. The molecule has 1 aliphatic carbocycles. The Morgan fingerprint density at radius 1 is 1.05 bits per heavy atom. The van der Waals surface area contributed by atoms with Gasteiger partial charge in [0.05, 0.1) is 0 Å². The van der Waals surface area contributed by atoms with Gasteiger partial charge in [0.15, 0.2) is 5.78 Å². The van der Waals surface area contributed by atoms with E-state index in [1.54, 1.807) is 0 Å². The SMILES string of the molecule is C[C@@H]1Cc2ccccc2[C@@H]1CC(=O)c1ccccc1. The van der Waals surface area contributed by atoms with E-state index in [0.717, 1.165) is 12.0 Å². The molecule has 1 nitrogen and oxygen atoms in total. The number of ketones is 1. The number of benzene rings is 2. The molecule has 0 aromatic heterocycles. The van der Waals surface area contributed by atoms with Crippen molar-refractivity contribution >= 4 is 5.78 Å². The summed E-state index contributed by atoms with van der Waals surface area (Å²) in [6, 6.07) is 18.2. The number of rotatable bonds is 3. The van der Waals surface area contributed by atoms with Crippen LogP contribution in [0.2, 0.25) is 0 Å². The molecule has 0 aliphatic heterocycles. The van der Waals surface area contributed by atoms with Crippen LogP contribution in [0, 0.1) is 5.92 Å². The van der Waals surface area contributed by atoms with Crippen LogP contribution < -0.4 is 0 Å². The van der Waals surface area contributed by atoms with E-state index in [2.05, 4.69) is 31.2 Å². The van der Waals surface area contributed by atoms with Gasteiger partial charge in [-0.1, -0.05) is 61.5 Å². The summed E-state index contributed by atoms with van der Waals surface area (Å²) in [7, 11) is 0. The third-order valence-corrected chi connectivity index (χ3v) is 4.18. The van der Waals surface area contributed by atoms with E-state index in [4.69, 9.17) is 0 Å². The lowest BCUT2D eigenvalue weighted by atomic mass is 9.87. The van der Waals surface area contributed by atoms with E-state index in [1.807, 2.05) is 30.3 Å². The van der Waals surface area contributed by atoms with Gasteiger partial charge in [0.1, 0.15) is 0 Å². The first-order valence-electron chi connectivity index (χ1n) is 6.92. The molecule has 0 amide bonds. The average Bonchev–Trinajstić information content (AvgIpc) is 2.76. The van der Waals surface area contributed by atoms with E-state index in [1.165, 1.54) is 11.1 Å². The minimum atomic E-state index is 0.258. The van der Waals surface area contributed by atoms with Crippen molar-refractivity contribution in [3.63, 3.8) is 0 Å². The Morgan fingerprint density at radius 2 is 1.74 bits per heavy atom. The molecular weight excluding hydrogens is 232 g/mol. The maximum atomic E-state index is 12.4. The highest BCUT2D eigenvalue weighted by Gasteiger charge is 2.30. The van der Waals surface area contributed by atoms with Gasteiger partial charge in [-0.15, -0.1) is 0 Å². The summed E-state index contributed by atoms with van der Waals surface area (Å²) in [5.41, 5.74) is 3.62.